The minimum absolute atomic E-state index is 0.0304. The minimum Gasteiger partial charge on any atom is -0.340 e. The van der Waals surface area contributed by atoms with Crippen molar-refractivity contribution in [1.29, 1.82) is 0 Å². The number of aryl methyl sites for hydroxylation is 1. The summed E-state index contributed by atoms with van der Waals surface area (Å²) in [5, 5.41) is 6.88. The Hall–Kier alpha value is -2.74. The van der Waals surface area contributed by atoms with E-state index in [1.165, 1.54) is 6.33 Å². The van der Waals surface area contributed by atoms with E-state index in [0.29, 0.717) is 45.7 Å². The summed E-state index contributed by atoms with van der Waals surface area (Å²) in [6.45, 7) is 3.59. The van der Waals surface area contributed by atoms with Crippen molar-refractivity contribution < 1.29 is 9.59 Å². The Balaban J connectivity index is 1.38. The molecule has 1 aromatic carbocycles. The van der Waals surface area contributed by atoms with Crippen LogP contribution in [0.25, 0.3) is 0 Å². The lowest BCUT2D eigenvalue weighted by molar-refractivity contribution is -0.133. The van der Waals surface area contributed by atoms with Gasteiger partial charge in [0.2, 0.25) is 11.8 Å². The zero-order valence-electron chi connectivity index (χ0n) is 14.0. The topological polar surface area (TPSA) is 83.4 Å². The van der Waals surface area contributed by atoms with Gasteiger partial charge in [-0.25, -0.2) is 4.98 Å². The zero-order chi connectivity index (χ0) is 17.5. The van der Waals surface area contributed by atoms with Gasteiger partial charge in [0.25, 0.3) is 0 Å². The molecule has 0 bridgehead atoms. The van der Waals surface area contributed by atoms with Crippen LogP contribution in [0.1, 0.15) is 6.42 Å². The molecule has 2 heterocycles. The Kier molecular flexibility index (Phi) is 5.73. The molecule has 8 nitrogen and oxygen atoms in total. The molecule has 1 saturated heterocycles. The number of rotatable bonds is 6. The Morgan fingerprint density at radius 2 is 1.84 bits per heavy atom. The number of nitrogens with zero attached hydrogens (tertiary/aromatic N) is 5. The van der Waals surface area contributed by atoms with Crippen LogP contribution in [0.3, 0.4) is 0 Å². The number of nitrogens with one attached hydrogen (secondary N) is 1. The highest BCUT2D eigenvalue weighted by Gasteiger charge is 2.22. The molecular weight excluding hydrogens is 320 g/mol. The van der Waals surface area contributed by atoms with Gasteiger partial charge in [-0.2, -0.15) is 5.10 Å². The van der Waals surface area contributed by atoms with Crippen LogP contribution >= 0.6 is 0 Å². The summed E-state index contributed by atoms with van der Waals surface area (Å²) in [4.78, 5) is 32.1. The van der Waals surface area contributed by atoms with Crippen LogP contribution in [0.5, 0.6) is 0 Å². The van der Waals surface area contributed by atoms with E-state index in [-0.39, 0.29) is 11.8 Å². The number of hydrogen-bond donors (Lipinski definition) is 1. The van der Waals surface area contributed by atoms with Gasteiger partial charge in [0.1, 0.15) is 12.7 Å². The Bertz CT molecular complexity index is 680. The summed E-state index contributed by atoms with van der Waals surface area (Å²) in [6.07, 6.45) is 3.48. The summed E-state index contributed by atoms with van der Waals surface area (Å²) in [5.41, 5.74) is 0.800. The van der Waals surface area contributed by atoms with Gasteiger partial charge in [0.05, 0.1) is 13.1 Å². The number of anilines is 1. The highest BCUT2D eigenvalue weighted by atomic mass is 16.2. The van der Waals surface area contributed by atoms with Crippen molar-refractivity contribution in [2.75, 3.05) is 38.0 Å². The maximum absolute atomic E-state index is 12.2. The van der Waals surface area contributed by atoms with Gasteiger partial charge in [-0.1, -0.05) is 18.2 Å². The summed E-state index contributed by atoms with van der Waals surface area (Å²) >= 11 is 0. The molecule has 1 N–H and O–H groups in total. The van der Waals surface area contributed by atoms with E-state index in [9.17, 15) is 9.59 Å². The minimum atomic E-state index is -0.0304. The molecule has 0 saturated carbocycles. The lowest BCUT2D eigenvalue weighted by Gasteiger charge is -2.34. The molecule has 1 fully saturated rings. The van der Waals surface area contributed by atoms with Gasteiger partial charge in [-0.15, -0.1) is 0 Å². The van der Waals surface area contributed by atoms with Gasteiger partial charge in [0, 0.05) is 38.3 Å². The quantitative estimate of drug-likeness (QED) is 0.824. The van der Waals surface area contributed by atoms with E-state index < -0.39 is 0 Å². The maximum Gasteiger partial charge on any atom is 0.238 e. The molecule has 0 atom stereocenters. The Morgan fingerprint density at radius 1 is 1.08 bits per heavy atom. The molecule has 3 rings (SSSR count). The largest absolute Gasteiger partial charge is 0.340 e. The number of carbonyl (C=O) groups excluding carboxylic acids is 2. The third kappa shape index (κ3) is 5.12. The normalized spacial score (nSPS) is 15.1. The van der Waals surface area contributed by atoms with Crippen LogP contribution in [0.2, 0.25) is 0 Å². The maximum atomic E-state index is 12.2. The number of hydrogen-bond acceptors (Lipinski definition) is 5. The summed E-state index contributed by atoms with van der Waals surface area (Å²) in [5.74, 6) is 0.0843. The number of piperazine rings is 1. The first-order valence-electron chi connectivity index (χ1n) is 8.38. The van der Waals surface area contributed by atoms with Crippen LogP contribution in [-0.4, -0.2) is 69.1 Å². The third-order valence-corrected chi connectivity index (χ3v) is 4.17. The summed E-state index contributed by atoms with van der Waals surface area (Å²) < 4.78 is 1.65. The van der Waals surface area contributed by atoms with Gasteiger partial charge >= 0.3 is 0 Å². The molecule has 2 amide bonds. The van der Waals surface area contributed by atoms with E-state index in [0.717, 1.165) is 5.69 Å². The van der Waals surface area contributed by atoms with Crippen molar-refractivity contribution in [2.45, 2.75) is 13.0 Å². The molecule has 0 aliphatic carbocycles. The van der Waals surface area contributed by atoms with Crippen LogP contribution < -0.4 is 5.32 Å². The van der Waals surface area contributed by atoms with E-state index in [2.05, 4.69) is 20.3 Å². The first kappa shape index (κ1) is 17.1. The number of carbonyl (C=O) groups is 2. The van der Waals surface area contributed by atoms with Crippen molar-refractivity contribution in [1.82, 2.24) is 24.6 Å². The highest BCUT2D eigenvalue weighted by Crippen LogP contribution is 2.07. The standard InChI is InChI=1S/C17H22N6O2/c24-16(20-15-4-2-1-3-5-15)12-21-8-10-22(11-9-21)17(25)6-7-23-14-18-13-19-23/h1-5,13-14H,6-12H2,(H,20,24). The smallest absolute Gasteiger partial charge is 0.238 e. The van der Waals surface area contributed by atoms with Crippen LogP contribution in [0, 0.1) is 0 Å². The van der Waals surface area contributed by atoms with E-state index in [1.54, 1.807) is 11.0 Å². The molecule has 1 aromatic heterocycles. The second-order valence-corrected chi connectivity index (χ2v) is 5.98. The Labute approximate surface area is 146 Å². The molecule has 1 aliphatic heterocycles. The molecule has 1 aliphatic rings. The number of aromatic nitrogens is 3. The average molecular weight is 342 g/mol. The summed E-state index contributed by atoms with van der Waals surface area (Å²) in [6, 6.07) is 9.42. The van der Waals surface area contributed by atoms with Crippen LogP contribution in [0.15, 0.2) is 43.0 Å². The van der Waals surface area contributed by atoms with Crippen molar-refractivity contribution in [3.05, 3.63) is 43.0 Å². The van der Waals surface area contributed by atoms with Crippen LogP contribution in [0.4, 0.5) is 5.69 Å². The summed E-state index contributed by atoms with van der Waals surface area (Å²) in [7, 11) is 0. The van der Waals surface area contributed by atoms with Gasteiger partial charge in [-0.05, 0) is 12.1 Å². The Morgan fingerprint density at radius 3 is 2.52 bits per heavy atom. The number of para-hydroxylation sites is 1. The molecule has 2 aromatic rings. The number of benzene rings is 1. The zero-order valence-corrected chi connectivity index (χ0v) is 14.0. The lowest BCUT2D eigenvalue weighted by Crippen LogP contribution is -2.50. The molecule has 8 heteroatoms. The fourth-order valence-corrected chi connectivity index (χ4v) is 2.80. The van der Waals surface area contributed by atoms with Crippen molar-refractivity contribution >= 4 is 17.5 Å². The molecule has 25 heavy (non-hydrogen) atoms. The van der Waals surface area contributed by atoms with E-state index >= 15 is 0 Å². The van der Waals surface area contributed by atoms with E-state index in [4.69, 9.17) is 0 Å². The third-order valence-electron chi connectivity index (χ3n) is 4.17. The molecule has 0 spiro atoms. The van der Waals surface area contributed by atoms with Gasteiger partial charge in [0.15, 0.2) is 0 Å². The second-order valence-electron chi connectivity index (χ2n) is 5.98. The first-order valence-corrected chi connectivity index (χ1v) is 8.38. The molecule has 0 unspecified atom stereocenters. The SMILES string of the molecule is O=C(CN1CCN(C(=O)CCn2cncn2)CC1)Nc1ccccc1. The molecular formula is C17H22N6O2. The molecule has 0 radical (unpaired) electrons. The van der Waals surface area contributed by atoms with Gasteiger partial charge < -0.3 is 10.2 Å². The van der Waals surface area contributed by atoms with Gasteiger partial charge in [-0.3, -0.25) is 19.2 Å². The predicted octanol–water partition coefficient (Wildman–Crippen LogP) is 0.451. The predicted molar refractivity (Wildman–Crippen MR) is 92.7 cm³/mol. The highest BCUT2D eigenvalue weighted by molar-refractivity contribution is 5.92. The van der Waals surface area contributed by atoms with Crippen LogP contribution in [-0.2, 0) is 16.1 Å². The number of amides is 2. The molecule has 132 valence electrons. The monoisotopic (exact) mass is 342 g/mol. The average Bonchev–Trinajstić information content (AvgIpc) is 3.14. The van der Waals surface area contributed by atoms with Crippen molar-refractivity contribution in [2.24, 2.45) is 0 Å². The lowest BCUT2D eigenvalue weighted by atomic mass is 10.2. The fraction of sp³-hybridized carbons (Fsp3) is 0.412. The first-order chi connectivity index (χ1) is 12.2. The van der Waals surface area contributed by atoms with Crippen molar-refractivity contribution in [3.8, 4) is 0 Å². The fourth-order valence-electron chi connectivity index (χ4n) is 2.80. The second kappa shape index (κ2) is 8.39. The van der Waals surface area contributed by atoms with Crippen molar-refractivity contribution in [3.63, 3.8) is 0 Å². The van der Waals surface area contributed by atoms with E-state index in [1.807, 2.05) is 35.2 Å².